The number of nitrogens with one attached hydrogen (secondary N) is 2. The van der Waals surface area contributed by atoms with Gasteiger partial charge in [0.25, 0.3) is 6.43 Å². The standard InChI is InChI=1S/C30H32F4N8/c31-20-13-19(14-23-27(20)39-25-4-2-22(28(33)34)42(23)25)26-21(32)16-37-29(40-26)38-24-3-1-18(15-36-24)17-41-11-7-30(8-12-41)5-9-35-10-6-30/h1,3,13-16,22,28,35H,2,4-12,17H2,(H,36,37,38,40)/t22-/m0/s1. The molecule has 0 aliphatic carbocycles. The number of rotatable bonds is 6. The maximum atomic E-state index is 15.0. The van der Waals surface area contributed by atoms with Crippen molar-refractivity contribution in [3.8, 4) is 11.3 Å². The third-order valence-corrected chi connectivity index (χ3v) is 9.18. The van der Waals surface area contributed by atoms with E-state index in [4.69, 9.17) is 0 Å². The molecule has 42 heavy (non-hydrogen) atoms. The molecule has 1 spiro atoms. The highest BCUT2D eigenvalue weighted by Gasteiger charge is 2.36. The van der Waals surface area contributed by atoms with Gasteiger partial charge in [-0.05, 0) is 87.5 Å². The lowest BCUT2D eigenvalue weighted by Crippen LogP contribution is -2.45. The van der Waals surface area contributed by atoms with Crippen molar-refractivity contribution in [1.29, 1.82) is 0 Å². The number of likely N-dealkylation sites (tertiary alicyclic amines) is 1. The van der Waals surface area contributed by atoms with Crippen molar-refractivity contribution in [2.75, 3.05) is 31.5 Å². The van der Waals surface area contributed by atoms with Crippen LogP contribution in [0.1, 0.15) is 49.5 Å². The van der Waals surface area contributed by atoms with Crippen LogP contribution in [0.15, 0.2) is 36.7 Å². The highest BCUT2D eigenvalue weighted by molar-refractivity contribution is 5.83. The van der Waals surface area contributed by atoms with Gasteiger partial charge in [0.05, 0.1) is 17.8 Å². The highest BCUT2D eigenvalue weighted by Crippen LogP contribution is 2.40. The van der Waals surface area contributed by atoms with Gasteiger partial charge in [0.1, 0.15) is 22.9 Å². The van der Waals surface area contributed by atoms with E-state index >= 15 is 4.39 Å². The Morgan fingerprint density at radius 3 is 2.52 bits per heavy atom. The summed E-state index contributed by atoms with van der Waals surface area (Å²) in [4.78, 5) is 19.5. The van der Waals surface area contributed by atoms with Crippen LogP contribution in [0, 0.1) is 17.0 Å². The van der Waals surface area contributed by atoms with Crippen LogP contribution >= 0.6 is 0 Å². The van der Waals surface area contributed by atoms with Gasteiger partial charge in [0.15, 0.2) is 11.6 Å². The molecule has 2 saturated heterocycles. The molecule has 0 saturated carbocycles. The summed E-state index contributed by atoms with van der Waals surface area (Å²) in [5.41, 5.74) is 1.76. The van der Waals surface area contributed by atoms with Crippen molar-refractivity contribution in [1.82, 2.24) is 34.7 Å². The molecule has 7 rings (SSSR count). The summed E-state index contributed by atoms with van der Waals surface area (Å²) in [6.07, 6.45) is 5.75. The number of fused-ring (bicyclic) bond motifs is 3. The van der Waals surface area contributed by atoms with Crippen LogP contribution in [0.25, 0.3) is 22.3 Å². The van der Waals surface area contributed by atoms with E-state index in [0.29, 0.717) is 23.5 Å². The first-order chi connectivity index (χ1) is 20.4. The largest absolute Gasteiger partial charge is 0.319 e. The molecule has 12 heteroatoms. The topological polar surface area (TPSA) is 83.8 Å². The summed E-state index contributed by atoms with van der Waals surface area (Å²) in [7, 11) is 0. The molecule has 1 aromatic carbocycles. The van der Waals surface area contributed by atoms with E-state index in [1.54, 1.807) is 0 Å². The second-order valence-electron chi connectivity index (χ2n) is 11.8. The second kappa shape index (κ2) is 10.9. The Hall–Kier alpha value is -3.64. The summed E-state index contributed by atoms with van der Waals surface area (Å²) in [6.45, 7) is 5.25. The second-order valence-corrected chi connectivity index (χ2v) is 11.8. The summed E-state index contributed by atoms with van der Waals surface area (Å²) in [5, 5.41) is 6.46. The van der Waals surface area contributed by atoms with Crippen LogP contribution in [-0.2, 0) is 13.0 Å². The average Bonchev–Trinajstić information content (AvgIpc) is 3.57. The van der Waals surface area contributed by atoms with Gasteiger partial charge in [-0.2, -0.15) is 0 Å². The Balaban J connectivity index is 1.06. The van der Waals surface area contributed by atoms with Crippen LogP contribution in [0.3, 0.4) is 0 Å². The molecule has 6 heterocycles. The Morgan fingerprint density at radius 1 is 0.976 bits per heavy atom. The van der Waals surface area contributed by atoms with E-state index in [0.717, 1.165) is 50.6 Å². The molecule has 0 unspecified atom stereocenters. The number of hydrogen-bond acceptors (Lipinski definition) is 7. The number of aryl methyl sites for hydroxylation is 1. The van der Waals surface area contributed by atoms with Gasteiger partial charge >= 0.3 is 0 Å². The average molecular weight is 581 g/mol. The minimum atomic E-state index is -2.62. The Kier molecular flexibility index (Phi) is 7.05. The quantitative estimate of drug-likeness (QED) is 0.286. The van der Waals surface area contributed by atoms with Crippen molar-refractivity contribution in [3.63, 3.8) is 0 Å². The molecule has 1 atom stereocenters. The van der Waals surface area contributed by atoms with Gasteiger partial charge in [-0.15, -0.1) is 0 Å². The minimum Gasteiger partial charge on any atom is -0.319 e. The van der Waals surface area contributed by atoms with Crippen molar-refractivity contribution in [3.05, 3.63) is 59.7 Å². The number of alkyl halides is 2. The maximum Gasteiger partial charge on any atom is 0.259 e. The molecule has 3 aliphatic heterocycles. The lowest BCUT2D eigenvalue weighted by atomic mass is 9.71. The van der Waals surface area contributed by atoms with Crippen molar-refractivity contribution in [2.45, 2.75) is 57.5 Å². The van der Waals surface area contributed by atoms with E-state index in [-0.39, 0.29) is 34.7 Å². The van der Waals surface area contributed by atoms with E-state index < -0.39 is 24.1 Å². The predicted octanol–water partition coefficient (Wildman–Crippen LogP) is 5.63. The van der Waals surface area contributed by atoms with Crippen LogP contribution in [0.4, 0.5) is 29.3 Å². The number of benzene rings is 1. The van der Waals surface area contributed by atoms with Crippen LogP contribution < -0.4 is 10.6 Å². The van der Waals surface area contributed by atoms with Gasteiger partial charge in [-0.3, -0.25) is 4.90 Å². The van der Waals surface area contributed by atoms with Crippen molar-refractivity contribution in [2.24, 2.45) is 5.41 Å². The van der Waals surface area contributed by atoms with Gasteiger partial charge < -0.3 is 15.2 Å². The molecule has 8 nitrogen and oxygen atoms in total. The van der Waals surface area contributed by atoms with Gasteiger partial charge in [0.2, 0.25) is 5.95 Å². The molecule has 0 amide bonds. The Labute approximate surface area is 240 Å². The molecular weight excluding hydrogens is 548 g/mol. The first kappa shape index (κ1) is 27.2. The molecule has 2 fully saturated rings. The first-order valence-electron chi connectivity index (χ1n) is 14.5. The fourth-order valence-corrected chi connectivity index (χ4v) is 6.77. The third-order valence-electron chi connectivity index (χ3n) is 9.18. The third kappa shape index (κ3) is 5.11. The zero-order valence-electron chi connectivity index (χ0n) is 23.1. The molecule has 3 aromatic heterocycles. The molecule has 0 bridgehead atoms. The molecule has 3 aliphatic rings. The first-order valence-corrected chi connectivity index (χ1v) is 14.5. The summed E-state index contributed by atoms with van der Waals surface area (Å²) < 4.78 is 58.6. The van der Waals surface area contributed by atoms with E-state index in [1.165, 1.54) is 36.3 Å². The zero-order valence-corrected chi connectivity index (χ0v) is 23.1. The normalized spacial score (nSPS) is 20.5. The summed E-state index contributed by atoms with van der Waals surface area (Å²) >= 11 is 0. The van der Waals surface area contributed by atoms with Crippen LogP contribution in [0.5, 0.6) is 0 Å². The van der Waals surface area contributed by atoms with Gasteiger partial charge in [0, 0.05) is 24.7 Å². The number of pyridine rings is 1. The minimum absolute atomic E-state index is 0.00783. The van der Waals surface area contributed by atoms with E-state index in [9.17, 15) is 13.2 Å². The molecule has 4 aromatic rings. The smallest absolute Gasteiger partial charge is 0.259 e. The van der Waals surface area contributed by atoms with Gasteiger partial charge in [-0.1, -0.05) is 6.07 Å². The van der Waals surface area contributed by atoms with E-state index in [2.05, 4.69) is 35.5 Å². The number of anilines is 2. The number of aromatic nitrogens is 5. The fourth-order valence-electron chi connectivity index (χ4n) is 6.77. The van der Waals surface area contributed by atoms with Crippen LogP contribution in [-0.4, -0.2) is 62.0 Å². The molecule has 0 radical (unpaired) electrons. The van der Waals surface area contributed by atoms with Crippen molar-refractivity contribution >= 4 is 22.8 Å². The highest BCUT2D eigenvalue weighted by atomic mass is 19.3. The molecule has 2 N–H and O–H groups in total. The number of piperidine rings is 2. The molecular formula is C30H32F4N8. The Morgan fingerprint density at radius 2 is 1.79 bits per heavy atom. The fraction of sp³-hybridized carbons (Fsp3) is 0.467. The summed E-state index contributed by atoms with van der Waals surface area (Å²) in [5.74, 6) is -0.515. The lowest BCUT2D eigenvalue weighted by molar-refractivity contribution is 0.0701. The number of imidazole rings is 1. The maximum absolute atomic E-state index is 15.0. The number of hydrogen-bond donors (Lipinski definition) is 2. The lowest BCUT2D eigenvalue weighted by Gasteiger charge is -2.44. The van der Waals surface area contributed by atoms with Crippen LogP contribution in [0.2, 0.25) is 0 Å². The van der Waals surface area contributed by atoms with Gasteiger partial charge in [-0.25, -0.2) is 37.5 Å². The van der Waals surface area contributed by atoms with Crippen molar-refractivity contribution < 1.29 is 17.6 Å². The monoisotopic (exact) mass is 580 g/mol. The SMILES string of the molecule is Fc1cnc(Nc2ccc(CN3CCC4(CCNCC4)CC3)cn2)nc1-c1cc(F)c2nc3n(c2c1)[C@H](C(F)F)CC3. The molecule has 220 valence electrons. The number of halogens is 4. The summed E-state index contributed by atoms with van der Waals surface area (Å²) in [6, 6.07) is 5.31. The van der Waals surface area contributed by atoms with E-state index in [1.807, 2.05) is 18.3 Å². The number of nitrogens with zero attached hydrogens (tertiary/aromatic N) is 6. The Bertz CT molecular complexity index is 1590. The predicted molar refractivity (Wildman–Crippen MR) is 151 cm³/mol. The zero-order chi connectivity index (χ0) is 28.8.